The number of anilines is 1. The molecule has 2 saturated carbocycles. The van der Waals surface area contributed by atoms with Crippen molar-refractivity contribution in [1.82, 2.24) is 4.98 Å². The van der Waals surface area contributed by atoms with Crippen molar-refractivity contribution in [2.24, 2.45) is 22.4 Å². The monoisotopic (exact) mass is 361 g/mol. The van der Waals surface area contributed by atoms with Gasteiger partial charge in [0.15, 0.2) is 0 Å². The van der Waals surface area contributed by atoms with Crippen molar-refractivity contribution < 1.29 is 5.11 Å². The summed E-state index contributed by atoms with van der Waals surface area (Å²) in [5, 5.41) is 14.6. The molecule has 0 amide bonds. The van der Waals surface area contributed by atoms with Crippen molar-refractivity contribution in [2.75, 3.05) is 5.43 Å². The van der Waals surface area contributed by atoms with E-state index in [2.05, 4.69) is 23.4 Å². The first-order valence-electron chi connectivity index (χ1n) is 10.2. The lowest BCUT2D eigenvalue weighted by Gasteiger charge is -2.49. The fourth-order valence-electron chi connectivity index (χ4n) is 6.09. The average molecular weight is 361 g/mol. The van der Waals surface area contributed by atoms with Crippen LogP contribution in [0.1, 0.15) is 56.1 Å². The molecule has 1 aromatic heterocycles. The van der Waals surface area contributed by atoms with Crippen LogP contribution in [-0.2, 0) is 6.42 Å². The molecule has 0 radical (unpaired) electrons. The van der Waals surface area contributed by atoms with Gasteiger partial charge in [0.05, 0.1) is 0 Å². The number of pyridine rings is 1. The van der Waals surface area contributed by atoms with Gasteiger partial charge in [0.25, 0.3) is 0 Å². The van der Waals surface area contributed by atoms with Gasteiger partial charge in [-0.15, -0.1) is 0 Å². The maximum Gasteiger partial charge on any atom is 0.146 e. The van der Waals surface area contributed by atoms with Gasteiger partial charge in [0.1, 0.15) is 11.6 Å². The van der Waals surface area contributed by atoms with E-state index in [1.54, 1.807) is 6.20 Å². The first-order valence-corrected chi connectivity index (χ1v) is 10.2. The van der Waals surface area contributed by atoms with Crippen molar-refractivity contribution in [3.8, 4) is 5.75 Å². The lowest BCUT2D eigenvalue weighted by atomic mass is 9.55. The zero-order valence-corrected chi connectivity index (χ0v) is 15.9. The highest BCUT2D eigenvalue weighted by molar-refractivity contribution is 5.93. The van der Waals surface area contributed by atoms with Crippen LogP contribution in [0.4, 0.5) is 5.82 Å². The number of hydrazone groups is 1. The molecule has 2 N–H and O–H groups in total. The van der Waals surface area contributed by atoms with Crippen LogP contribution >= 0.6 is 0 Å². The average Bonchev–Trinajstić information content (AvgIpc) is 3.03. The number of aromatic hydroxyl groups is 1. The summed E-state index contributed by atoms with van der Waals surface area (Å²) < 4.78 is 0. The lowest BCUT2D eigenvalue weighted by Crippen LogP contribution is -2.42. The number of nitrogens with zero attached hydrogens (tertiary/aromatic N) is 2. The molecular weight excluding hydrogens is 334 g/mol. The molecule has 4 atom stereocenters. The summed E-state index contributed by atoms with van der Waals surface area (Å²) in [7, 11) is 0. The van der Waals surface area contributed by atoms with Crippen LogP contribution in [-0.4, -0.2) is 15.8 Å². The minimum Gasteiger partial charge on any atom is -0.508 e. The number of aromatic nitrogens is 1. The fraction of sp³-hybridized carbons (Fsp3) is 0.478. The third-order valence-corrected chi connectivity index (χ3v) is 7.42. The number of hydrogen-bond donors (Lipinski definition) is 2. The van der Waals surface area contributed by atoms with Gasteiger partial charge in [0.2, 0.25) is 0 Å². The van der Waals surface area contributed by atoms with E-state index in [1.165, 1.54) is 42.5 Å². The molecule has 0 saturated heterocycles. The number of fused-ring (bicyclic) bond motifs is 5. The van der Waals surface area contributed by atoms with Crippen molar-refractivity contribution in [1.29, 1.82) is 0 Å². The van der Waals surface area contributed by atoms with Gasteiger partial charge < -0.3 is 5.11 Å². The quantitative estimate of drug-likeness (QED) is 0.731. The van der Waals surface area contributed by atoms with Crippen LogP contribution in [0.15, 0.2) is 47.7 Å². The molecule has 1 heterocycles. The van der Waals surface area contributed by atoms with Gasteiger partial charge in [-0.05, 0) is 91.7 Å². The van der Waals surface area contributed by atoms with E-state index >= 15 is 0 Å². The zero-order chi connectivity index (χ0) is 18.4. The molecule has 3 aliphatic carbocycles. The van der Waals surface area contributed by atoms with E-state index in [0.29, 0.717) is 17.6 Å². The molecule has 5 rings (SSSR count). The third-order valence-electron chi connectivity index (χ3n) is 7.42. The molecule has 4 heteroatoms. The molecule has 4 nitrogen and oxygen atoms in total. The summed E-state index contributed by atoms with van der Waals surface area (Å²) in [6.45, 7) is 2.44. The molecule has 3 aliphatic rings. The predicted molar refractivity (Wildman–Crippen MR) is 108 cm³/mol. The SMILES string of the molecule is CC12CCC3c4ccc(O)cc4CCC3C1CC/C2=N\Nc1ccccn1. The van der Waals surface area contributed by atoms with Gasteiger partial charge in [0, 0.05) is 17.3 Å². The Labute approximate surface area is 160 Å². The number of phenolic OH excluding ortho intramolecular Hbond substituents is 1. The van der Waals surface area contributed by atoms with E-state index in [4.69, 9.17) is 5.10 Å². The molecule has 27 heavy (non-hydrogen) atoms. The topological polar surface area (TPSA) is 57.5 Å². The van der Waals surface area contributed by atoms with E-state index in [9.17, 15) is 5.11 Å². The summed E-state index contributed by atoms with van der Waals surface area (Å²) in [5.41, 5.74) is 7.57. The number of phenols is 1. The second-order valence-electron chi connectivity index (χ2n) is 8.68. The molecule has 0 bridgehead atoms. The Balaban J connectivity index is 1.40. The molecule has 2 fully saturated rings. The summed E-state index contributed by atoms with van der Waals surface area (Å²) >= 11 is 0. The molecule has 0 aliphatic heterocycles. The standard InChI is InChI=1S/C23H27N3O/c1-23-12-11-18-17-8-6-16(27)14-15(17)5-7-19(18)20(23)9-10-21(23)25-26-22-4-2-3-13-24-22/h2-4,6,8,13-14,18-20,27H,5,7,9-12H2,1H3,(H,24,26)/b25-21+. The smallest absolute Gasteiger partial charge is 0.146 e. The third kappa shape index (κ3) is 2.73. The number of benzene rings is 1. The van der Waals surface area contributed by atoms with Gasteiger partial charge >= 0.3 is 0 Å². The molecule has 140 valence electrons. The molecule has 1 aromatic carbocycles. The minimum absolute atomic E-state index is 0.206. The highest BCUT2D eigenvalue weighted by atomic mass is 16.3. The number of hydrogen-bond acceptors (Lipinski definition) is 4. The van der Waals surface area contributed by atoms with Crippen LogP contribution in [0.25, 0.3) is 0 Å². The Morgan fingerprint density at radius 1 is 1.15 bits per heavy atom. The van der Waals surface area contributed by atoms with Gasteiger partial charge in [-0.1, -0.05) is 19.1 Å². The van der Waals surface area contributed by atoms with Gasteiger partial charge in [-0.3, -0.25) is 5.43 Å². The second-order valence-corrected chi connectivity index (χ2v) is 8.68. The van der Waals surface area contributed by atoms with E-state index < -0.39 is 0 Å². The van der Waals surface area contributed by atoms with Crippen molar-refractivity contribution in [3.63, 3.8) is 0 Å². The normalized spacial score (nSPS) is 33.2. The molecule has 4 unspecified atom stereocenters. The Morgan fingerprint density at radius 3 is 2.93 bits per heavy atom. The zero-order valence-electron chi connectivity index (χ0n) is 15.9. The van der Waals surface area contributed by atoms with Crippen molar-refractivity contribution in [2.45, 2.75) is 51.4 Å². The van der Waals surface area contributed by atoms with Crippen LogP contribution in [0.2, 0.25) is 0 Å². The highest BCUT2D eigenvalue weighted by Gasteiger charge is 2.53. The van der Waals surface area contributed by atoms with Crippen LogP contribution < -0.4 is 5.43 Å². The Bertz CT molecular complexity index is 878. The first kappa shape index (κ1) is 16.8. The number of rotatable bonds is 2. The van der Waals surface area contributed by atoms with E-state index in [1.807, 2.05) is 30.3 Å². The van der Waals surface area contributed by atoms with Gasteiger partial charge in [-0.2, -0.15) is 5.10 Å². The second kappa shape index (κ2) is 6.36. The van der Waals surface area contributed by atoms with Gasteiger partial charge in [-0.25, -0.2) is 4.98 Å². The fourth-order valence-corrected chi connectivity index (χ4v) is 6.09. The van der Waals surface area contributed by atoms with Crippen molar-refractivity contribution >= 4 is 11.5 Å². The lowest BCUT2D eigenvalue weighted by molar-refractivity contribution is 0.0956. The summed E-state index contributed by atoms with van der Waals surface area (Å²) in [5.74, 6) is 3.32. The van der Waals surface area contributed by atoms with Crippen molar-refractivity contribution in [3.05, 3.63) is 53.7 Å². The Morgan fingerprint density at radius 2 is 2.07 bits per heavy atom. The maximum atomic E-state index is 9.84. The van der Waals surface area contributed by atoms with E-state index in [-0.39, 0.29) is 5.41 Å². The minimum atomic E-state index is 0.206. The summed E-state index contributed by atoms with van der Waals surface area (Å²) in [6.07, 6.45) is 8.88. The van der Waals surface area contributed by atoms with Crippen LogP contribution in [0, 0.1) is 17.3 Å². The van der Waals surface area contributed by atoms with Crippen LogP contribution in [0.5, 0.6) is 5.75 Å². The largest absolute Gasteiger partial charge is 0.508 e. The highest BCUT2D eigenvalue weighted by Crippen LogP contribution is 2.59. The summed E-state index contributed by atoms with van der Waals surface area (Å²) in [4.78, 5) is 4.33. The predicted octanol–water partition coefficient (Wildman–Crippen LogP) is 5.11. The molecule has 2 aromatic rings. The maximum absolute atomic E-state index is 9.84. The molecular formula is C23H27N3O. The first-order chi connectivity index (χ1) is 13.1. The molecule has 0 spiro atoms. The summed E-state index contributed by atoms with van der Waals surface area (Å²) in [6, 6.07) is 11.9. The van der Waals surface area contributed by atoms with E-state index in [0.717, 1.165) is 24.6 Å². The number of nitrogens with one attached hydrogen (secondary N) is 1. The van der Waals surface area contributed by atoms with Crippen LogP contribution in [0.3, 0.4) is 0 Å². The Kier molecular flexibility index (Phi) is 3.96. The Hall–Kier alpha value is -2.36. The number of aryl methyl sites for hydroxylation is 1.